The Labute approximate surface area is 142 Å². The number of hydrogen-bond acceptors (Lipinski definition) is 3. The van der Waals surface area contributed by atoms with E-state index in [0.717, 1.165) is 38.5 Å². The molecule has 1 aliphatic heterocycles. The third-order valence-electron chi connectivity index (χ3n) is 5.08. The van der Waals surface area contributed by atoms with Gasteiger partial charge in [0.2, 0.25) is 5.91 Å². The van der Waals surface area contributed by atoms with Gasteiger partial charge in [-0.3, -0.25) is 19.3 Å². The molecule has 5 heteroatoms. The number of nitrogens with zero attached hydrogens (tertiary/aromatic N) is 1. The molecule has 1 aliphatic carbocycles. The van der Waals surface area contributed by atoms with Crippen LogP contribution in [0, 0.1) is 5.92 Å². The second-order valence-electron chi connectivity index (χ2n) is 6.74. The van der Waals surface area contributed by atoms with Crippen LogP contribution in [0.2, 0.25) is 0 Å². The van der Waals surface area contributed by atoms with E-state index in [1.54, 1.807) is 0 Å². The molecule has 3 rings (SSSR count). The van der Waals surface area contributed by atoms with Crippen LogP contribution < -0.4 is 5.32 Å². The summed E-state index contributed by atoms with van der Waals surface area (Å²) in [6.07, 6.45) is 6.32. The van der Waals surface area contributed by atoms with Gasteiger partial charge in [0.15, 0.2) is 0 Å². The van der Waals surface area contributed by atoms with Gasteiger partial charge < -0.3 is 5.32 Å². The minimum absolute atomic E-state index is 0.104. The number of piperazine rings is 1. The monoisotopic (exact) mass is 328 g/mol. The highest BCUT2D eigenvalue weighted by Crippen LogP contribution is 2.27. The minimum Gasteiger partial charge on any atom is -0.346 e. The first-order valence-corrected chi connectivity index (χ1v) is 8.86. The van der Waals surface area contributed by atoms with Crippen molar-refractivity contribution >= 4 is 17.7 Å². The Bertz CT molecular complexity index is 608. The third-order valence-corrected chi connectivity index (χ3v) is 5.08. The fraction of sp³-hybridized carbons (Fsp3) is 0.526. The van der Waals surface area contributed by atoms with E-state index in [1.165, 1.54) is 10.5 Å². The molecule has 0 aromatic heterocycles. The Morgan fingerprint density at radius 1 is 1.08 bits per heavy atom. The molecule has 1 unspecified atom stereocenters. The van der Waals surface area contributed by atoms with Crippen molar-refractivity contribution in [2.75, 3.05) is 6.54 Å². The van der Waals surface area contributed by atoms with Crippen LogP contribution in [-0.2, 0) is 20.8 Å². The van der Waals surface area contributed by atoms with Crippen molar-refractivity contribution in [1.82, 2.24) is 10.2 Å². The van der Waals surface area contributed by atoms with Crippen LogP contribution in [0.25, 0.3) is 0 Å². The van der Waals surface area contributed by atoms with Crippen LogP contribution in [0.4, 0.5) is 0 Å². The summed E-state index contributed by atoms with van der Waals surface area (Å²) in [7, 11) is 0. The summed E-state index contributed by atoms with van der Waals surface area (Å²) < 4.78 is 0. The van der Waals surface area contributed by atoms with Gasteiger partial charge in [-0.25, -0.2) is 0 Å². The molecule has 1 atom stereocenters. The first-order chi connectivity index (χ1) is 11.7. The van der Waals surface area contributed by atoms with Crippen LogP contribution in [0.3, 0.4) is 0 Å². The second-order valence-corrected chi connectivity index (χ2v) is 6.74. The molecule has 24 heavy (non-hydrogen) atoms. The van der Waals surface area contributed by atoms with Crippen LogP contribution >= 0.6 is 0 Å². The SMILES string of the molecule is O=C1NCC(CCc2ccccc2)N(C(=O)C2CCCCC2)C1=O. The number of rotatable bonds is 4. The smallest absolute Gasteiger partial charge is 0.318 e. The van der Waals surface area contributed by atoms with Crippen LogP contribution in [0.1, 0.15) is 44.1 Å². The maximum absolute atomic E-state index is 12.9. The van der Waals surface area contributed by atoms with E-state index >= 15 is 0 Å². The molecule has 5 nitrogen and oxygen atoms in total. The Balaban J connectivity index is 1.71. The van der Waals surface area contributed by atoms with Gasteiger partial charge in [0.05, 0.1) is 6.04 Å². The van der Waals surface area contributed by atoms with Gasteiger partial charge in [0, 0.05) is 12.5 Å². The maximum Gasteiger partial charge on any atom is 0.318 e. The molecule has 1 aromatic carbocycles. The summed E-state index contributed by atoms with van der Waals surface area (Å²) in [4.78, 5) is 38.2. The van der Waals surface area contributed by atoms with E-state index in [9.17, 15) is 14.4 Å². The number of imide groups is 1. The molecule has 1 N–H and O–H groups in total. The van der Waals surface area contributed by atoms with E-state index in [0.29, 0.717) is 13.0 Å². The van der Waals surface area contributed by atoms with Crippen molar-refractivity contribution in [3.63, 3.8) is 0 Å². The summed E-state index contributed by atoms with van der Waals surface area (Å²) in [6.45, 7) is 0.357. The standard InChI is InChI=1S/C19H24N2O3/c22-17-19(24)21(18(23)15-9-5-2-6-10-15)16(13-20-17)12-11-14-7-3-1-4-8-14/h1,3-4,7-8,15-16H,2,5-6,9-13H2,(H,20,22). The number of amides is 3. The summed E-state index contributed by atoms with van der Waals surface area (Å²) in [5.41, 5.74) is 1.17. The molecule has 2 aliphatic rings. The van der Waals surface area contributed by atoms with Gasteiger partial charge in [-0.05, 0) is 31.2 Å². The first kappa shape index (κ1) is 16.7. The lowest BCUT2D eigenvalue weighted by Gasteiger charge is -2.36. The van der Waals surface area contributed by atoms with Gasteiger partial charge >= 0.3 is 11.8 Å². The zero-order valence-corrected chi connectivity index (χ0v) is 13.9. The first-order valence-electron chi connectivity index (χ1n) is 8.86. The summed E-state index contributed by atoms with van der Waals surface area (Å²) in [6, 6.07) is 9.76. The quantitative estimate of drug-likeness (QED) is 0.679. The van der Waals surface area contributed by atoms with E-state index in [1.807, 2.05) is 30.3 Å². The van der Waals surface area contributed by atoms with Crippen molar-refractivity contribution in [2.45, 2.75) is 51.0 Å². The average Bonchev–Trinajstić information content (AvgIpc) is 2.64. The number of benzene rings is 1. The minimum atomic E-state index is -0.685. The predicted molar refractivity (Wildman–Crippen MR) is 90.0 cm³/mol. The molecule has 1 saturated heterocycles. The van der Waals surface area contributed by atoms with E-state index < -0.39 is 11.8 Å². The maximum atomic E-state index is 12.9. The molecule has 1 aromatic rings. The van der Waals surface area contributed by atoms with Crippen molar-refractivity contribution in [3.8, 4) is 0 Å². The van der Waals surface area contributed by atoms with E-state index in [2.05, 4.69) is 5.32 Å². The largest absolute Gasteiger partial charge is 0.346 e. The predicted octanol–water partition coefficient (Wildman–Crippen LogP) is 2.05. The van der Waals surface area contributed by atoms with Gasteiger partial charge in [0.25, 0.3) is 0 Å². The van der Waals surface area contributed by atoms with Crippen molar-refractivity contribution in [2.24, 2.45) is 5.92 Å². The number of carbonyl (C=O) groups excluding carboxylic acids is 3. The van der Waals surface area contributed by atoms with Crippen LogP contribution in [0.5, 0.6) is 0 Å². The van der Waals surface area contributed by atoms with Crippen LogP contribution in [-0.4, -0.2) is 35.2 Å². The Hall–Kier alpha value is -2.17. The number of nitrogens with one attached hydrogen (secondary N) is 1. The lowest BCUT2D eigenvalue weighted by molar-refractivity contribution is -0.160. The average molecular weight is 328 g/mol. The van der Waals surface area contributed by atoms with E-state index in [4.69, 9.17) is 0 Å². The zero-order chi connectivity index (χ0) is 16.9. The van der Waals surface area contributed by atoms with Crippen molar-refractivity contribution < 1.29 is 14.4 Å². The van der Waals surface area contributed by atoms with Gasteiger partial charge in [-0.15, -0.1) is 0 Å². The molecule has 1 saturated carbocycles. The zero-order valence-electron chi connectivity index (χ0n) is 13.9. The normalized spacial score (nSPS) is 22.3. The van der Waals surface area contributed by atoms with E-state index in [-0.39, 0.29) is 17.9 Å². The highest BCUT2D eigenvalue weighted by Gasteiger charge is 2.40. The molecular weight excluding hydrogens is 304 g/mol. The molecule has 0 bridgehead atoms. The van der Waals surface area contributed by atoms with Gasteiger partial charge in [0.1, 0.15) is 0 Å². The van der Waals surface area contributed by atoms with Gasteiger partial charge in [-0.2, -0.15) is 0 Å². The fourth-order valence-electron chi connectivity index (χ4n) is 3.69. The summed E-state index contributed by atoms with van der Waals surface area (Å²) in [5, 5.41) is 2.62. The number of aryl methyl sites for hydroxylation is 1. The third kappa shape index (κ3) is 3.66. The fourth-order valence-corrected chi connectivity index (χ4v) is 3.69. The lowest BCUT2D eigenvalue weighted by atomic mass is 9.87. The van der Waals surface area contributed by atoms with Crippen LogP contribution in [0.15, 0.2) is 30.3 Å². The van der Waals surface area contributed by atoms with Gasteiger partial charge in [-0.1, -0.05) is 49.6 Å². The lowest BCUT2D eigenvalue weighted by Crippen LogP contribution is -2.61. The molecular formula is C19H24N2O3. The highest BCUT2D eigenvalue weighted by atomic mass is 16.2. The topological polar surface area (TPSA) is 66.5 Å². The molecule has 0 spiro atoms. The van der Waals surface area contributed by atoms with Crippen molar-refractivity contribution in [3.05, 3.63) is 35.9 Å². The number of hydrogen-bond donors (Lipinski definition) is 1. The Kier molecular flexibility index (Phi) is 5.28. The summed E-state index contributed by atoms with van der Waals surface area (Å²) in [5.74, 6) is -1.59. The molecule has 128 valence electrons. The molecule has 2 fully saturated rings. The summed E-state index contributed by atoms with van der Waals surface area (Å²) >= 11 is 0. The molecule has 1 heterocycles. The highest BCUT2D eigenvalue weighted by molar-refractivity contribution is 6.38. The second kappa shape index (κ2) is 7.60. The molecule has 0 radical (unpaired) electrons. The van der Waals surface area contributed by atoms with Crippen molar-refractivity contribution in [1.29, 1.82) is 0 Å². The Morgan fingerprint density at radius 3 is 2.50 bits per heavy atom. The Morgan fingerprint density at radius 2 is 1.79 bits per heavy atom. The molecule has 3 amide bonds. The number of carbonyl (C=O) groups is 3.